The van der Waals surface area contributed by atoms with Crippen molar-refractivity contribution in [1.29, 1.82) is 0 Å². The number of fused-ring (bicyclic) bond motifs is 2. The minimum absolute atomic E-state index is 0.0979. The van der Waals surface area contributed by atoms with Crippen LogP contribution in [-0.2, 0) is 28.6 Å². The molecule has 406 valence electrons. The fourth-order valence-corrected chi connectivity index (χ4v) is 11.2. The molecule has 0 radical (unpaired) electrons. The average Bonchev–Trinajstić information content (AvgIpc) is 3.23. The standard InChI is InChI=1S/C60H104N4O7/c1-15-23-51-50-39-44(25-17-19-27-48(50)41-63-64-51)31-32-45(53(66)70-55(2,3)4)28-22-36-57(7,8)59(11,12)69-52(65)29-20-21-35-56(5,6)60(13,14)71-54(67)46(34-37-58(9,10)68)33-30-43-24-16-18-26-47-40-61-62-42-49(47)38-43/h40-46,49-50,61,63,68H,15-39H2,1-14H3. The summed E-state index contributed by atoms with van der Waals surface area (Å²) in [6, 6.07) is 0. The van der Waals surface area contributed by atoms with E-state index < -0.39 is 22.4 Å². The van der Waals surface area contributed by atoms with E-state index in [1.54, 1.807) is 0 Å². The molecular formula is C60H104N4O7. The molecule has 11 nitrogen and oxygen atoms in total. The van der Waals surface area contributed by atoms with Gasteiger partial charge in [0.1, 0.15) is 16.8 Å². The van der Waals surface area contributed by atoms with Crippen LogP contribution >= 0.6 is 0 Å². The van der Waals surface area contributed by atoms with Crippen molar-refractivity contribution in [2.75, 3.05) is 0 Å². The summed E-state index contributed by atoms with van der Waals surface area (Å²) in [5, 5.41) is 19.7. The van der Waals surface area contributed by atoms with Crippen molar-refractivity contribution in [2.45, 2.75) is 280 Å². The fraction of sp³-hybridized carbons (Fsp3) is 0.850. The largest absolute Gasteiger partial charge is 0.460 e. The Labute approximate surface area is 432 Å². The average molecular weight is 994 g/mol. The molecule has 2 aliphatic heterocycles. The Kier molecular flexibility index (Phi) is 22.8. The van der Waals surface area contributed by atoms with Gasteiger partial charge < -0.3 is 19.3 Å². The van der Waals surface area contributed by atoms with Gasteiger partial charge in [-0.2, -0.15) is 10.2 Å². The summed E-state index contributed by atoms with van der Waals surface area (Å²) >= 11 is 0. The molecule has 0 aromatic heterocycles. The number of rotatable bonds is 26. The summed E-state index contributed by atoms with van der Waals surface area (Å²) in [6.45, 7) is 28.4. The molecule has 2 saturated carbocycles. The molecular weight excluding hydrogens is 889 g/mol. The van der Waals surface area contributed by atoms with Gasteiger partial charge in [0.05, 0.1) is 17.4 Å². The number of carbonyl (C=O) groups is 3. The van der Waals surface area contributed by atoms with E-state index in [0.29, 0.717) is 49.4 Å². The van der Waals surface area contributed by atoms with Crippen molar-refractivity contribution in [1.82, 2.24) is 10.9 Å². The van der Waals surface area contributed by atoms with Crippen LogP contribution in [0.4, 0.5) is 0 Å². The van der Waals surface area contributed by atoms with Crippen LogP contribution < -0.4 is 10.9 Å². The first-order chi connectivity index (χ1) is 33.1. The van der Waals surface area contributed by atoms with Crippen molar-refractivity contribution in [3.63, 3.8) is 0 Å². The summed E-state index contributed by atoms with van der Waals surface area (Å²) in [7, 11) is 0. The molecule has 6 unspecified atom stereocenters. The third-order valence-corrected chi connectivity index (χ3v) is 17.5. The maximum Gasteiger partial charge on any atom is 0.309 e. The van der Waals surface area contributed by atoms with Crippen LogP contribution in [0.5, 0.6) is 0 Å². The normalized spacial score (nSPS) is 22.5. The summed E-state index contributed by atoms with van der Waals surface area (Å²) in [5.41, 5.74) is 6.89. The van der Waals surface area contributed by atoms with Crippen LogP contribution in [-0.4, -0.2) is 57.3 Å². The molecule has 11 heteroatoms. The van der Waals surface area contributed by atoms with Crippen LogP contribution in [0.15, 0.2) is 33.7 Å². The van der Waals surface area contributed by atoms with Crippen molar-refractivity contribution in [2.24, 2.45) is 56.5 Å². The Balaban J connectivity index is 1.26. The highest BCUT2D eigenvalue weighted by Crippen LogP contribution is 2.43. The Bertz CT molecular complexity index is 1820. The van der Waals surface area contributed by atoms with Gasteiger partial charge in [-0.3, -0.25) is 25.2 Å². The highest BCUT2D eigenvalue weighted by atomic mass is 16.6. The molecule has 4 rings (SSSR count). The number of carbonyl (C=O) groups excluding carboxylic acids is 3. The molecule has 0 aromatic carbocycles. The molecule has 71 heavy (non-hydrogen) atoms. The van der Waals surface area contributed by atoms with Gasteiger partial charge in [0, 0.05) is 53.4 Å². The van der Waals surface area contributed by atoms with Crippen molar-refractivity contribution in [3.8, 4) is 0 Å². The molecule has 2 aliphatic carbocycles. The highest BCUT2D eigenvalue weighted by Gasteiger charge is 2.43. The number of hydrogen-bond acceptors (Lipinski definition) is 11. The number of allylic oxidation sites excluding steroid dienone is 2. The van der Waals surface area contributed by atoms with Gasteiger partial charge in [-0.15, -0.1) is 0 Å². The number of nitrogens with one attached hydrogen (secondary N) is 2. The predicted molar refractivity (Wildman–Crippen MR) is 290 cm³/mol. The molecule has 0 spiro atoms. The number of unbranched alkanes of at least 4 members (excludes halogenated alkanes) is 1. The molecule has 0 bridgehead atoms. The third kappa shape index (κ3) is 19.9. The predicted octanol–water partition coefficient (Wildman–Crippen LogP) is 14.6. The van der Waals surface area contributed by atoms with Gasteiger partial charge in [-0.05, 0) is 194 Å². The lowest BCUT2D eigenvalue weighted by Gasteiger charge is -2.42. The van der Waals surface area contributed by atoms with Crippen LogP contribution in [0, 0.1) is 46.3 Å². The quantitative estimate of drug-likeness (QED) is 0.0438. The van der Waals surface area contributed by atoms with E-state index in [4.69, 9.17) is 19.3 Å². The van der Waals surface area contributed by atoms with Gasteiger partial charge in [0.25, 0.3) is 0 Å². The first-order valence-corrected chi connectivity index (χ1v) is 28.5. The van der Waals surface area contributed by atoms with E-state index in [-0.39, 0.29) is 40.6 Å². The number of hydrazone groups is 2. The first kappa shape index (κ1) is 60.3. The van der Waals surface area contributed by atoms with Crippen LogP contribution in [0.2, 0.25) is 0 Å². The molecule has 6 atom stereocenters. The maximum atomic E-state index is 14.1. The molecule has 3 N–H and O–H groups in total. The second-order valence-electron chi connectivity index (χ2n) is 26.4. The number of esters is 3. The SMILES string of the molecule is CCCC1=NNC=C2CCCCC(CCC(CCCC(C)(C)C(C)(C)OC(=O)CCCCC(C)(C)C(C)(C)OC(=O)C(CCC3CCCCC4=CNN=CC4C3)CCC(C)(C)O)C(=O)OC(C)(C)C)CC21. The zero-order valence-electron chi connectivity index (χ0n) is 47.7. The molecule has 0 saturated heterocycles. The summed E-state index contributed by atoms with van der Waals surface area (Å²) in [5.74, 6) is 0.885. The Morgan fingerprint density at radius 2 is 1.23 bits per heavy atom. The summed E-state index contributed by atoms with van der Waals surface area (Å²) in [4.78, 5) is 41.3. The zero-order chi connectivity index (χ0) is 52.7. The van der Waals surface area contributed by atoms with Crippen molar-refractivity contribution >= 4 is 29.8 Å². The van der Waals surface area contributed by atoms with Gasteiger partial charge in [-0.1, -0.05) is 79.6 Å². The van der Waals surface area contributed by atoms with Crippen molar-refractivity contribution in [3.05, 3.63) is 23.5 Å². The van der Waals surface area contributed by atoms with E-state index in [1.165, 1.54) is 49.0 Å². The third-order valence-electron chi connectivity index (χ3n) is 17.5. The van der Waals surface area contributed by atoms with Gasteiger partial charge in [-0.25, -0.2) is 0 Å². The number of nitrogens with zero attached hydrogens (tertiary/aromatic N) is 2. The van der Waals surface area contributed by atoms with E-state index in [2.05, 4.69) is 69.2 Å². The minimum Gasteiger partial charge on any atom is -0.460 e. The Hall–Kier alpha value is -3.21. The van der Waals surface area contributed by atoms with Gasteiger partial charge in [0.2, 0.25) is 0 Å². The second kappa shape index (κ2) is 26.8. The number of aliphatic hydroxyl groups is 1. The highest BCUT2D eigenvalue weighted by molar-refractivity contribution is 5.89. The van der Waals surface area contributed by atoms with E-state index in [1.807, 2.05) is 62.3 Å². The van der Waals surface area contributed by atoms with Crippen molar-refractivity contribution < 1.29 is 33.7 Å². The lowest BCUT2D eigenvalue weighted by Crippen LogP contribution is -2.44. The van der Waals surface area contributed by atoms with Crippen LogP contribution in [0.1, 0.15) is 257 Å². The van der Waals surface area contributed by atoms with E-state index in [0.717, 1.165) is 103 Å². The Morgan fingerprint density at radius 3 is 1.85 bits per heavy atom. The first-order valence-electron chi connectivity index (χ1n) is 28.5. The molecule has 0 amide bonds. The maximum absolute atomic E-state index is 14.1. The Morgan fingerprint density at radius 1 is 0.662 bits per heavy atom. The number of ether oxygens (including phenoxy) is 3. The monoisotopic (exact) mass is 993 g/mol. The minimum atomic E-state index is -0.864. The van der Waals surface area contributed by atoms with Crippen LogP contribution in [0.3, 0.4) is 0 Å². The van der Waals surface area contributed by atoms with E-state index in [9.17, 15) is 19.5 Å². The molecule has 0 aromatic rings. The van der Waals surface area contributed by atoms with Gasteiger partial charge >= 0.3 is 17.9 Å². The summed E-state index contributed by atoms with van der Waals surface area (Å²) < 4.78 is 18.8. The lowest BCUT2D eigenvalue weighted by atomic mass is 9.72. The second-order valence-corrected chi connectivity index (χ2v) is 26.4. The fourth-order valence-electron chi connectivity index (χ4n) is 11.2. The lowest BCUT2D eigenvalue weighted by molar-refractivity contribution is -0.175. The van der Waals surface area contributed by atoms with Gasteiger partial charge in [0.15, 0.2) is 0 Å². The number of hydrogen-bond donors (Lipinski definition) is 3. The smallest absolute Gasteiger partial charge is 0.309 e. The van der Waals surface area contributed by atoms with E-state index >= 15 is 0 Å². The molecule has 2 fully saturated rings. The zero-order valence-corrected chi connectivity index (χ0v) is 47.7. The topological polar surface area (TPSA) is 148 Å². The molecule has 4 aliphatic rings. The molecule has 2 heterocycles. The van der Waals surface area contributed by atoms with Crippen LogP contribution in [0.25, 0.3) is 0 Å². The summed E-state index contributed by atoms with van der Waals surface area (Å²) in [6.07, 6.45) is 29.5.